The van der Waals surface area contributed by atoms with Gasteiger partial charge in [0, 0.05) is 22.4 Å². The quantitative estimate of drug-likeness (QED) is 0.397. The van der Waals surface area contributed by atoms with E-state index < -0.39 is 0 Å². The third-order valence-electron chi connectivity index (χ3n) is 4.46. The summed E-state index contributed by atoms with van der Waals surface area (Å²) in [6.07, 6.45) is 0.252. The molecule has 6 nitrogen and oxygen atoms in total. The van der Waals surface area contributed by atoms with E-state index in [9.17, 15) is 4.79 Å². The maximum Gasteiger partial charge on any atom is 0.277 e. The topological polar surface area (TPSA) is 80.9 Å². The molecule has 4 aromatic rings. The zero-order valence-corrected chi connectivity index (χ0v) is 18.2. The van der Waals surface area contributed by atoms with Gasteiger partial charge in [0.15, 0.2) is 0 Å². The summed E-state index contributed by atoms with van der Waals surface area (Å²) in [7, 11) is 0. The van der Waals surface area contributed by atoms with E-state index in [0.717, 1.165) is 33.1 Å². The van der Waals surface area contributed by atoms with Crippen molar-refractivity contribution >= 4 is 34.7 Å². The molecule has 0 aliphatic heterocycles. The highest BCUT2D eigenvalue weighted by Gasteiger charge is 2.13. The number of benzene rings is 2. The van der Waals surface area contributed by atoms with Gasteiger partial charge in [-0.25, -0.2) is 4.98 Å². The third-order valence-corrected chi connectivity index (χ3v) is 6.21. The number of carbonyl (C=O) groups excluding carboxylic acids is 1. The van der Waals surface area contributed by atoms with Gasteiger partial charge in [-0.1, -0.05) is 48.2 Å². The van der Waals surface area contributed by atoms with Crippen molar-refractivity contribution in [1.29, 1.82) is 0 Å². The number of nitrogens with one attached hydrogen (secondary N) is 1. The number of rotatable bonds is 7. The molecule has 2 aromatic carbocycles. The molecule has 30 heavy (non-hydrogen) atoms. The second kappa shape index (κ2) is 9.23. The van der Waals surface area contributed by atoms with Crippen LogP contribution in [0.15, 0.2) is 63.6 Å². The van der Waals surface area contributed by atoms with E-state index in [1.54, 1.807) is 0 Å². The Morgan fingerprint density at radius 1 is 1.07 bits per heavy atom. The van der Waals surface area contributed by atoms with Crippen LogP contribution < -0.4 is 5.32 Å². The Labute approximate surface area is 182 Å². The normalized spacial score (nSPS) is 10.9. The molecule has 0 radical (unpaired) electrons. The monoisotopic (exact) mass is 436 g/mol. The summed E-state index contributed by atoms with van der Waals surface area (Å²) in [6.45, 7) is 3.98. The van der Waals surface area contributed by atoms with Gasteiger partial charge in [0.25, 0.3) is 5.22 Å². The number of aromatic nitrogens is 3. The lowest BCUT2D eigenvalue weighted by atomic mass is 10.1. The van der Waals surface area contributed by atoms with Crippen LogP contribution >= 0.6 is 23.1 Å². The molecule has 1 N–H and O–H groups in total. The molecule has 0 aliphatic rings. The van der Waals surface area contributed by atoms with E-state index in [1.807, 2.05) is 67.8 Å². The molecule has 1 amide bonds. The van der Waals surface area contributed by atoms with Gasteiger partial charge in [-0.3, -0.25) is 4.79 Å². The van der Waals surface area contributed by atoms with E-state index in [2.05, 4.69) is 20.5 Å². The number of carbonyl (C=O) groups is 1. The van der Waals surface area contributed by atoms with Crippen LogP contribution in [0.2, 0.25) is 0 Å². The minimum absolute atomic E-state index is 0.0716. The van der Waals surface area contributed by atoms with Crippen molar-refractivity contribution in [3.63, 3.8) is 0 Å². The molecule has 0 unspecified atom stereocenters. The lowest BCUT2D eigenvalue weighted by Gasteiger charge is -2.06. The summed E-state index contributed by atoms with van der Waals surface area (Å²) in [6, 6.07) is 15.6. The van der Waals surface area contributed by atoms with Crippen LogP contribution in [0.25, 0.3) is 11.5 Å². The standard InChI is InChI=1S/C22H20N4O2S2/c1-14-7-3-5-9-17(14)21-25-26-22(28-21)30-13-16-12-29-20(23-16)11-19(27)24-18-10-6-4-8-15(18)2/h3-10,12H,11,13H2,1-2H3,(H,24,27). The predicted molar refractivity (Wildman–Crippen MR) is 120 cm³/mol. The highest BCUT2D eigenvalue weighted by Crippen LogP contribution is 2.27. The number of thioether (sulfide) groups is 1. The lowest BCUT2D eigenvalue weighted by molar-refractivity contribution is -0.115. The summed E-state index contributed by atoms with van der Waals surface area (Å²) in [5, 5.41) is 14.4. The predicted octanol–water partition coefficient (Wildman–Crippen LogP) is 5.28. The average molecular weight is 437 g/mol. The second-order valence-corrected chi connectivity index (χ2v) is 8.62. The Balaban J connectivity index is 1.32. The number of hydrogen-bond donors (Lipinski definition) is 1. The van der Waals surface area contributed by atoms with E-state index >= 15 is 0 Å². The number of anilines is 1. The molecular formula is C22H20N4O2S2. The van der Waals surface area contributed by atoms with Crippen LogP contribution in [0.3, 0.4) is 0 Å². The molecule has 2 aromatic heterocycles. The molecule has 0 bridgehead atoms. The molecule has 0 atom stereocenters. The summed E-state index contributed by atoms with van der Waals surface area (Å²) in [4.78, 5) is 16.9. The van der Waals surface area contributed by atoms with Gasteiger partial charge < -0.3 is 9.73 Å². The number of nitrogens with zero attached hydrogens (tertiary/aromatic N) is 3. The maximum atomic E-state index is 12.3. The second-order valence-electron chi connectivity index (χ2n) is 6.75. The summed E-state index contributed by atoms with van der Waals surface area (Å²) >= 11 is 2.91. The van der Waals surface area contributed by atoms with Gasteiger partial charge in [-0.15, -0.1) is 21.5 Å². The van der Waals surface area contributed by atoms with Gasteiger partial charge in [0.1, 0.15) is 5.01 Å². The van der Waals surface area contributed by atoms with Crippen LogP contribution in [0.4, 0.5) is 5.69 Å². The molecule has 2 heterocycles. The molecule has 0 fully saturated rings. The molecule has 0 aliphatic carbocycles. The highest BCUT2D eigenvalue weighted by molar-refractivity contribution is 7.98. The Hall–Kier alpha value is -2.97. The zero-order valence-electron chi connectivity index (χ0n) is 16.6. The molecule has 8 heteroatoms. The Kier molecular flexibility index (Phi) is 6.25. The largest absolute Gasteiger partial charge is 0.411 e. The zero-order chi connectivity index (χ0) is 20.9. The van der Waals surface area contributed by atoms with Crippen molar-refractivity contribution in [3.8, 4) is 11.5 Å². The Bertz CT molecular complexity index is 1170. The fourth-order valence-electron chi connectivity index (χ4n) is 2.87. The SMILES string of the molecule is Cc1ccccc1NC(=O)Cc1nc(CSc2nnc(-c3ccccc3C)o2)cs1. The first-order valence-electron chi connectivity index (χ1n) is 9.39. The summed E-state index contributed by atoms with van der Waals surface area (Å²) in [5.74, 6) is 1.05. The smallest absolute Gasteiger partial charge is 0.277 e. The lowest BCUT2D eigenvalue weighted by Crippen LogP contribution is -2.15. The van der Waals surface area contributed by atoms with Crippen molar-refractivity contribution in [2.75, 3.05) is 5.32 Å². The minimum atomic E-state index is -0.0716. The molecule has 0 spiro atoms. The molecule has 4 rings (SSSR count). The number of thiazole rings is 1. The Morgan fingerprint density at radius 2 is 1.83 bits per heavy atom. The van der Waals surface area contributed by atoms with Crippen molar-refractivity contribution in [3.05, 3.63) is 75.7 Å². The summed E-state index contributed by atoms with van der Waals surface area (Å²) in [5.41, 5.74) is 4.78. The average Bonchev–Trinajstić information content (AvgIpc) is 3.38. The van der Waals surface area contributed by atoms with E-state index in [-0.39, 0.29) is 12.3 Å². The number of hydrogen-bond acceptors (Lipinski definition) is 7. The van der Waals surface area contributed by atoms with Crippen LogP contribution in [0.5, 0.6) is 0 Å². The first-order chi connectivity index (χ1) is 14.6. The van der Waals surface area contributed by atoms with Gasteiger partial charge in [-0.2, -0.15) is 0 Å². The molecule has 152 valence electrons. The van der Waals surface area contributed by atoms with Gasteiger partial charge in [-0.05, 0) is 37.1 Å². The van der Waals surface area contributed by atoms with Crippen molar-refractivity contribution in [2.24, 2.45) is 0 Å². The van der Waals surface area contributed by atoms with Crippen LogP contribution in [0.1, 0.15) is 21.8 Å². The number of para-hydroxylation sites is 1. The maximum absolute atomic E-state index is 12.3. The minimum Gasteiger partial charge on any atom is -0.411 e. The first-order valence-corrected chi connectivity index (χ1v) is 11.3. The van der Waals surface area contributed by atoms with Crippen LogP contribution in [-0.4, -0.2) is 21.1 Å². The fourth-order valence-corrected chi connectivity index (χ4v) is 4.42. The Morgan fingerprint density at radius 3 is 2.63 bits per heavy atom. The van der Waals surface area contributed by atoms with Gasteiger partial charge >= 0.3 is 0 Å². The first kappa shape index (κ1) is 20.3. The fraction of sp³-hybridized carbons (Fsp3) is 0.182. The molecule has 0 saturated heterocycles. The van der Waals surface area contributed by atoms with Crippen LogP contribution in [0, 0.1) is 13.8 Å². The van der Waals surface area contributed by atoms with Crippen molar-refractivity contribution in [2.45, 2.75) is 31.2 Å². The van der Waals surface area contributed by atoms with Gasteiger partial charge in [0.2, 0.25) is 11.8 Å². The summed E-state index contributed by atoms with van der Waals surface area (Å²) < 4.78 is 5.77. The number of amides is 1. The molecular weight excluding hydrogens is 416 g/mol. The molecule has 0 saturated carbocycles. The van der Waals surface area contributed by atoms with E-state index in [4.69, 9.17) is 4.42 Å². The van der Waals surface area contributed by atoms with Gasteiger partial charge in [0.05, 0.1) is 12.1 Å². The highest BCUT2D eigenvalue weighted by atomic mass is 32.2. The van der Waals surface area contributed by atoms with Crippen molar-refractivity contribution < 1.29 is 9.21 Å². The number of aryl methyl sites for hydroxylation is 2. The van der Waals surface area contributed by atoms with E-state index in [1.165, 1.54) is 23.1 Å². The van der Waals surface area contributed by atoms with Crippen LogP contribution in [-0.2, 0) is 17.0 Å². The van der Waals surface area contributed by atoms with E-state index in [0.29, 0.717) is 16.9 Å². The third kappa shape index (κ3) is 4.95. The van der Waals surface area contributed by atoms with Crippen molar-refractivity contribution in [1.82, 2.24) is 15.2 Å².